The van der Waals surface area contributed by atoms with Gasteiger partial charge in [-0.05, 0) is 77.0 Å². The summed E-state index contributed by atoms with van der Waals surface area (Å²) in [6.45, 7) is 3.44. The van der Waals surface area contributed by atoms with E-state index in [0.717, 1.165) is 77.0 Å². The van der Waals surface area contributed by atoms with Gasteiger partial charge in [-0.2, -0.15) is 0 Å². The van der Waals surface area contributed by atoms with Crippen molar-refractivity contribution in [1.82, 2.24) is 0 Å². The van der Waals surface area contributed by atoms with Crippen molar-refractivity contribution in [3.8, 4) is 0 Å². The van der Waals surface area contributed by atoms with Gasteiger partial charge in [0, 0.05) is 12.8 Å². The SMILES string of the molecule is CC/C=C\C/C=C\C/C=C\C/C=C\CCC(=O)OC(COC(=O)CCCCCCCC/C=C\C/C=C\C/C=C\CCCCC)COP(=O)(O)O. The highest BCUT2D eigenvalue weighted by molar-refractivity contribution is 7.46. The topological polar surface area (TPSA) is 119 Å². The predicted octanol–water partition coefficient (Wildman–Crippen LogP) is 11.3. The van der Waals surface area contributed by atoms with Crippen molar-refractivity contribution in [3.63, 3.8) is 0 Å². The molecule has 1 unspecified atom stereocenters. The summed E-state index contributed by atoms with van der Waals surface area (Å²) in [5, 5.41) is 0. The number of unbranched alkanes of at least 4 members (excludes halogenated alkanes) is 9. The molecule has 50 heavy (non-hydrogen) atoms. The molecular formula is C41H67O8P. The maximum absolute atomic E-state index is 12.3. The van der Waals surface area contributed by atoms with Gasteiger partial charge in [0.15, 0.2) is 6.10 Å². The number of carbonyl (C=O) groups is 2. The van der Waals surface area contributed by atoms with Crippen molar-refractivity contribution in [3.05, 3.63) is 85.1 Å². The first-order chi connectivity index (χ1) is 24.3. The Bertz CT molecular complexity index is 1080. The first-order valence-corrected chi connectivity index (χ1v) is 20.4. The molecule has 0 aromatic heterocycles. The van der Waals surface area contributed by atoms with E-state index >= 15 is 0 Å². The molecule has 0 radical (unpaired) electrons. The summed E-state index contributed by atoms with van der Waals surface area (Å²) < 4.78 is 26.2. The predicted molar refractivity (Wildman–Crippen MR) is 207 cm³/mol. The van der Waals surface area contributed by atoms with Gasteiger partial charge in [0.2, 0.25) is 0 Å². The van der Waals surface area contributed by atoms with Gasteiger partial charge >= 0.3 is 19.8 Å². The lowest BCUT2D eigenvalue weighted by molar-refractivity contribution is -0.161. The van der Waals surface area contributed by atoms with E-state index in [-0.39, 0.29) is 19.4 Å². The highest BCUT2D eigenvalue weighted by Gasteiger charge is 2.22. The first-order valence-electron chi connectivity index (χ1n) is 18.9. The van der Waals surface area contributed by atoms with Crippen molar-refractivity contribution in [1.29, 1.82) is 0 Å². The molecule has 0 spiro atoms. The minimum atomic E-state index is -4.78. The third-order valence-corrected chi connectivity index (χ3v) is 7.90. The van der Waals surface area contributed by atoms with Gasteiger partial charge in [-0.3, -0.25) is 14.1 Å². The zero-order valence-electron chi connectivity index (χ0n) is 31.0. The van der Waals surface area contributed by atoms with Crippen LogP contribution in [0.3, 0.4) is 0 Å². The number of hydrogen-bond acceptors (Lipinski definition) is 6. The molecule has 0 fully saturated rings. The lowest BCUT2D eigenvalue weighted by Crippen LogP contribution is -2.29. The fraction of sp³-hybridized carbons (Fsp3) is 0.610. The number of allylic oxidation sites excluding steroid dienone is 14. The molecule has 1 atom stereocenters. The second kappa shape index (κ2) is 36.0. The molecule has 0 aliphatic rings. The Labute approximate surface area is 303 Å². The van der Waals surface area contributed by atoms with Crippen LogP contribution in [0.15, 0.2) is 85.1 Å². The van der Waals surface area contributed by atoms with Crippen LogP contribution < -0.4 is 0 Å². The molecule has 0 aromatic rings. The van der Waals surface area contributed by atoms with Gasteiger partial charge < -0.3 is 19.3 Å². The van der Waals surface area contributed by atoms with Crippen molar-refractivity contribution < 1.29 is 37.9 Å². The van der Waals surface area contributed by atoms with Gasteiger partial charge in [0.05, 0.1) is 6.61 Å². The fourth-order valence-electron chi connectivity index (χ4n) is 4.63. The van der Waals surface area contributed by atoms with Crippen LogP contribution in [0, 0.1) is 0 Å². The standard InChI is InChI=1S/C41H67O8P/c1-3-5-7-9-11-13-15-17-18-19-20-21-22-24-25-27-29-31-33-35-40(42)47-37-39(38-48-50(44,45)46)49-41(43)36-34-32-30-28-26-23-16-14-12-10-8-6-4-2/h6,8,11-14,17-18,20-21,23,26,30,32,39H,3-5,7,9-10,15-16,19,22,24-25,27-29,31,33-38H2,1-2H3,(H2,44,45,46)/b8-6-,13-11-,14-12-,18-17-,21-20-,26-23-,32-30-. The number of esters is 2. The fourth-order valence-corrected chi connectivity index (χ4v) is 4.99. The Balaban J connectivity index is 4.08. The highest BCUT2D eigenvalue weighted by atomic mass is 31.2. The summed E-state index contributed by atoms with van der Waals surface area (Å²) in [4.78, 5) is 42.6. The zero-order valence-corrected chi connectivity index (χ0v) is 31.9. The van der Waals surface area contributed by atoms with Gasteiger partial charge in [-0.15, -0.1) is 0 Å². The molecule has 2 N–H and O–H groups in total. The molecule has 0 saturated carbocycles. The normalized spacial score (nSPS) is 13.4. The minimum absolute atomic E-state index is 0.0829. The summed E-state index contributed by atoms with van der Waals surface area (Å²) in [5.41, 5.74) is 0. The third kappa shape index (κ3) is 38.0. The van der Waals surface area contributed by atoms with Crippen LogP contribution in [-0.2, 0) is 28.2 Å². The van der Waals surface area contributed by atoms with Crippen molar-refractivity contribution in [2.24, 2.45) is 0 Å². The van der Waals surface area contributed by atoms with Crippen LogP contribution >= 0.6 is 7.82 Å². The van der Waals surface area contributed by atoms with Gasteiger partial charge in [-0.25, -0.2) is 4.57 Å². The largest absolute Gasteiger partial charge is 0.469 e. The van der Waals surface area contributed by atoms with E-state index in [1.165, 1.54) is 25.7 Å². The van der Waals surface area contributed by atoms with Crippen LogP contribution in [0.25, 0.3) is 0 Å². The first kappa shape index (κ1) is 47.2. The van der Waals surface area contributed by atoms with Gasteiger partial charge in [0.25, 0.3) is 0 Å². The summed E-state index contributed by atoms with van der Waals surface area (Å²) in [7, 11) is -4.78. The van der Waals surface area contributed by atoms with Crippen LogP contribution in [-0.4, -0.2) is 41.0 Å². The van der Waals surface area contributed by atoms with E-state index in [9.17, 15) is 14.2 Å². The molecule has 0 aliphatic carbocycles. The third-order valence-electron chi connectivity index (χ3n) is 7.41. The summed E-state index contributed by atoms with van der Waals surface area (Å²) >= 11 is 0. The molecule has 0 rings (SSSR count). The van der Waals surface area contributed by atoms with E-state index in [2.05, 4.69) is 91.3 Å². The van der Waals surface area contributed by atoms with E-state index in [4.69, 9.17) is 19.3 Å². The number of phosphoric ester groups is 1. The minimum Gasteiger partial charge on any atom is -0.462 e. The molecule has 0 heterocycles. The van der Waals surface area contributed by atoms with Crippen molar-refractivity contribution >= 4 is 19.8 Å². The molecule has 9 heteroatoms. The molecule has 284 valence electrons. The summed E-state index contributed by atoms with van der Waals surface area (Å²) in [5.74, 6) is -1.00. The average molecular weight is 719 g/mol. The van der Waals surface area contributed by atoms with Gasteiger partial charge in [-0.1, -0.05) is 137 Å². The highest BCUT2D eigenvalue weighted by Crippen LogP contribution is 2.35. The Kier molecular flexibility index (Phi) is 34.0. The molecule has 0 saturated heterocycles. The number of ether oxygens (including phenoxy) is 2. The number of carbonyl (C=O) groups excluding carboxylic acids is 2. The van der Waals surface area contributed by atoms with E-state index in [1.807, 2.05) is 12.2 Å². The zero-order chi connectivity index (χ0) is 36.8. The van der Waals surface area contributed by atoms with E-state index in [1.54, 1.807) is 0 Å². The van der Waals surface area contributed by atoms with E-state index in [0.29, 0.717) is 12.8 Å². The lowest BCUT2D eigenvalue weighted by Gasteiger charge is -2.18. The monoisotopic (exact) mass is 718 g/mol. The second-order valence-corrected chi connectivity index (χ2v) is 13.4. The Hall–Kier alpha value is -2.77. The molecule has 0 aromatic carbocycles. The smallest absolute Gasteiger partial charge is 0.462 e. The maximum atomic E-state index is 12.3. The van der Waals surface area contributed by atoms with Crippen molar-refractivity contribution in [2.45, 2.75) is 148 Å². The lowest BCUT2D eigenvalue weighted by atomic mass is 10.1. The maximum Gasteiger partial charge on any atom is 0.469 e. The number of hydrogen-bond donors (Lipinski definition) is 2. The molecule has 0 aliphatic heterocycles. The Morgan fingerprint density at radius 1 is 0.540 bits per heavy atom. The average Bonchev–Trinajstić information content (AvgIpc) is 3.08. The molecule has 8 nitrogen and oxygen atoms in total. The van der Waals surface area contributed by atoms with Crippen LogP contribution in [0.1, 0.15) is 142 Å². The summed E-state index contributed by atoms with van der Waals surface area (Å²) in [6.07, 6.45) is 47.5. The Morgan fingerprint density at radius 2 is 1.00 bits per heavy atom. The molecule has 0 bridgehead atoms. The molecule has 0 amide bonds. The van der Waals surface area contributed by atoms with Crippen LogP contribution in [0.2, 0.25) is 0 Å². The van der Waals surface area contributed by atoms with Crippen LogP contribution in [0.5, 0.6) is 0 Å². The Morgan fingerprint density at radius 3 is 1.52 bits per heavy atom. The quantitative estimate of drug-likeness (QED) is 0.0298. The second-order valence-electron chi connectivity index (χ2n) is 12.2. The van der Waals surface area contributed by atoms with Crippen molar-refractivity contribution in [2.75, 3.05) is 13.2 Å². The van der Waals surface area contributed by atoms with Gasteiger partial charge in [0.1, 0.15) is 6.61 Å². The number of rotatable bonds is 33. The number of phosphoric acid groups is 1. The molecular weight excluding hydrogens is 651 g/mol. The van der Waals surface area contributed by atoms with E-state index < -0.39 is 32.5 Å². The summed E-state index contributed by atoms with van der Waals surface area (Å²) in [6, 6.07) is 0. The van der Waals surface area contributed by atoms with Crippen LogP contribution in [0.4, 0.5) is 0 Å².